The predicted octanol–water partition coefficient (Wildman–Crippen LogP) is 0.167. The maximum absolute atomic E-state index is 10.7. The Bertz CT molecular complexity index is 596. The maximum atomic E-state index is 10.7. The third-order valence-electron chi connectivity index (χ3n) is 2.07. The molecule has 0 aliphatic rings. The summed E-state index contributed by atoms with van der Waals surface area (Å²) >= 11 is 0. The number of hydrogen-bond acceptors (Lipinski definition) is 4. The molecular weight excluding hydrogens is 247 g/mol. The van der Waals surface area contributed by atoms with Gasteiger partial charge in [0.15, 0.2) is 5.69 Å². The van der Waals surface area contributed by atoms with Crippen molar-refractivity contribution in [1.29, 1.82) is 0 Å². The summed E-state index contributed by atoms with van der Waals surface area (Å²) in [6, 6.07) is 1.60. The fourth-order valence-electron chi connectivity index (χ4n) is 1.34. The van der Waals surface area contributed by atoms with E-state index in [1.54, 1.807) is 6.07 Å². The molecule has 2 rings (SSSR count). The van der Waals surface area contributed by atoms with Crippen LogP contribution in [0.15, 0.2) is 18.5 Å². The average Bonchev–Trinajstić information content (AvgIpc) is 2.70. The molecule has 2 aromatic rings. The van der Waals surface area contributed by atoms with Crippen molar-refractivity contribution in [1.82, 2.24) is 19.5 Å². The number of aromatic carboxylic acids is 1. The van der Waals surface area contributed by atoms with Crippen LogP contribution in [0.25, 0.3) is 5.78 Å². The minimum atomic E-state index is -2.46. The molecule has 0 bridgehead atoms. The van der Waals surface area contributed by atoms with E-state index in [1.165, 1.54) is 16.8 Å². The van der Waals surface area contributed by atoms with Gasteiger partial charge in [-0.1, -0.05) is 5.09 Å². The Hall–Kier alpha value is -1.89. The second-order valence-electron chi connectivity index (χ2n) is 3.15. The Kier molecular flexibility index (Phi) is 3.10. The molecular formula is C8H8N4O4P+. The number of rotatable bonds is 4. The van der Waals surface area contributed by atoms with E-state index >= 15 is 0 Å². The van der Waals surface area contributed by atoms with Crippen molar-refractivity contribution in [3.8, 4) is 0 Å². The smallest absolute Gasteiger partial charge is 0.476 e. The van der Waals surface area contributed by atoms with Gasteiger partial charge in [0.25, 0.3) is 0 Å². The number of carboxylic acids is 1. The molecule has 1 atom stereocenters. The van der Waals surface area contributed by atoms with E-state index in [0.717, 1.165) is 0 Å². The molecule has 0 aromatic carbocycles. The Balaban J connectivity index is 2.42. The van der Waals surface area contributed by atoms with Crippen LogP contribution in [0.2, 0.25) is 0 Å². The Morgan fingerprint density at radius 3 is 3.00 bits per heavy atom. The minimum Gasteiger partial charge on any atom is -0.476 e. The highest BCUT2D eigenvalue weighted by Gasteiger charge is 2.14. The lowest BCUT2D eigenvalue weighted by molar-refractivity contribution is 0.0691. The quantitative estimate of drug-likeness (QED) is 0.666. The summed E-state index contributed by atoms with van der Waals surface area (Å²) in [6.07, 6.45) is 2.77. The minimum absolute atomic E-state index is 0.111. The first-order valence-corrected chi connectivity index (χ1v) is 5.75. The highest BCUT2D eigenvalue weighted by molar-refractivity contribution is 7.35. The van der Waals surface area contributed by atoms with Crippen molar-refractivity contribution in [2.75, 3.05) is 0 Å². The molecule has 0 aliphatic heterocycles. The highest BCUT2D eigenvalue weighted by Crippen LogP contribution is 2.10. The molecule has 9 heteroatoms. The number of aromatic nitrogens is 3. The van der Waals surface area contributed by atoms with E-state index in [0.29, 0.717) is 5.69 Å². The largest absolute Gasteiger partial charge is 0.610 e. The fraction of sp³-hybridized carbons (Fsp3) is 0.125. The van der Waals surface area contributed by atoms with E-state index in [2.05, 4.69) is 15.1 Å². The van der Waals surface area contributed by atoms with Crippen LogP contribution >= 0.6 is 8.18 Å². The molecule has 17 heavy (non-hydrogen) atoms. The third kappa shape index (κ3) is 2.44. The second kappa shape index (κ2) is 4.54. The summed E-state index contributed by atoms with van der Waals surface area (Å²) in [6.45, 7) is 0.111. The van der Waals surface area contributed by atoms with Crippen LogP contribution in [0, 0.1) is 0 Å². The summed E-state index contributed by atoms with van der Waals surface area (Å²) < 4.78 is 12.0. The van der Waals surface area contributed by atoms with Crippen molar-refractivity contribution in [3.63, 3.8) is 0 Å². The van der Waals surface area contributed by atoms with E-state index in [9.17, 15) is 9.36 Å². The van der Waals surface area contributed by atoms with E-state index in [-0.39, 0.29) is 18.0 Å². The molecule has 0 saturated heterocycles. The predicted molar refractivity (Wildman–Crippen MR) is 56.6 cm³/mol. The van der Waals surface area contributed by atoms with Gasteiger partial charge in [-0.15, -0.1) is 4.89 Å². The van der Waals surface area contributed by atoms with Crippen LogP contribution < -0.4 is 5.09 Å². The standard InChI is InChI=1S/C8H7N4O4P/c13-7(14)6-4-12-5(3-10-17(15)16)1-2-9-8(12)11-6/h1-2,4H,3H2,(H2-,10,13,14,15,16)/p+1. The first-order chi connectivity index (χ1) is 8.08. The number of fused-ring (bicyclic) bond motifs is 1. The lowest BCUT2D eigenvalue weighted by Crippen LogP contribution is -2.07. The number of carbonyl (C=O) groups is 1. The van der Waals surface area contributed by atoms with Crippen molar-refractivity contribution in [2.45, 2.75) is 6.54 Å². The first-order valence-electron chi connectivity index (χ1n) is 4.54. The average molecular weight is 255 g/mol. The summed E-state index contributed by atoms with van der Waals surface area (Å²) in [5.41, 5.74) is 0.464. The van der Waals surface area contributed by atoms with Crippen LogP contribution in [-0.2, 0) is 11.1 Å². The number of nitrogens with one attached hydrogen (secondary N) is 1. The lowest BCUT2D eigenvalue weighted by Gasteiger charge is -1.99. The monoisotopic (exact) mass is 255 g/mol. The molecule has 88 valence electrons. The SMILES string of the molecule is O=C(O)c1cn2c(CN[P+](=O)O)ccnc2n1. The van der Waals surface area contributed by atoms with E-state index in [4.69, 9.17) is 10.00 Å². The Morgan fingerprint density at radius 2 is 2.35 bits per heavy atom. The van der Waals surface area contributed by atoms with Crippen molar-refractivity contribution >= 4 is 19.9 Å². The Labute approximate surface area is 95.9 Å². The molecule has 0 spiro atoms. The van der Waals surface area contributed by atoms with Gasteiger partial charge in [0.05, 0.1) is 6.54 Å². The maximum Gasteiger partial charge on any atom is 0.610 e. The second-order valence-corrected chi connectivity index (χ2v) is 4.01. The van der Waals surface area contributed by atoms with Gasteiger partial charge in [-0.05, 0) is 10.6 Å². The molecule has 0 aliphatic carbocycles. The molecule has 2 aromatic heterocycles. The fourth-order valence-corrected chi connectivity index (χ4v) is 1.64. The zero-order valence-corrected chi connectivity index (χ0v) is 9.33. The van der Waals surface area contributed by atoms with Crippen LogP contribution in [-0.4, -0.2) is 30.3 Å². The number of nitrogens with zero attached hydrogens (tertiary/aromatic N) is 3. The van der Waals surface area contributed by atoms with Gasteiger partial charge >= 0.3 is 14.1 Å². The highest BCUT2D eigenvalue weighted by atomic mass is 31.1. The van der Waals surface area contributed by atoms with E-state index < -0.39 is 14.1 Å². The van der Waals surface area contributed by atoms with Gasteiger partial charge in [-0.2, -0.15) is 0 Å². The molecule has 2 heterocycles. The van der Waals surface area contributed by atoms with E-state index in [1.807, 2.05) is 0 Å². The van der Waals surface area contributed by atoms with Crippen LogP contribution in [0.3, 0.4) is 0 Å². The van der Waals surface area contributed by atoms with Crippen LogP contribution in [0.1, 0.15) is 16.2 Å². The summed E-state index contributed by atoms with van der Waals surface area (Å²) in [4.78, 5) is 27.1. The topological polar surface area (TPSA) is 117 Å². The van der Waals surface area contributed by atoms with Gasteiger partial charge < -0.3 is 5.11 Å². The number of imidazole rings is 1. The molecule has 0 radical (unpaired) electrons. The third-order valence-corrected chi connectivity index (χ3v) is 2.50. The van der Waals surface area contributed by atoms with Gasteiger partial charge in [-0.25, -0.2) is 14.8 Å². The van der Waals surface area contributed by atoms with Gasteiger partial charge in [-0.3, -0.25) is 4.40 Å². The molecule has 0 amide bonds. The zero-order chi connectivity index (χ0) is 12.4. The lowest BCUT2D eigenvalue weighted by atomic mass is 10.4. The van der Waals surface area contributed by atoms with Gasteiger partial charge in [0.2, 0.25) is 5.78 Å². The van der Waals surface area contributed by atoms with Crippen LogP contribution in [0.4, 0.5) is 0 Å². The number of hydrogen-bond donors (Lipinski definition) is 3. The van der Waals surface area contributed by atoms with Gasteiger partial charge in [0, 0.05) is 18.1 Å². The van der Waals surface area contributed by atoms with Gasteiger partial charge in [0.1, 0.15) is 0 Å². The molecule has 0 saturated carbocycles. The van der Waals surface area contributed by atoms with Crippen LogP contribution in [0.5, 0.6) is 0 Å². The molecule has 0 fully saturated rings. The summed E-state index contributed by atoms with van der Waals surface area (Å²) in [5.74, 6) is -0.919. The van der Waals surface area contributed by atoms with Crippen molar-refractivity contribution < 1.29 is 19.4 Å². The molecule has 8 nitrogen and oxygen atoms in total. The Morgan fingerprint density at radius 1 is 1.59 bits per heavy atom. The first kappa shape index (κ1) is 11.6. The number of carboxylic acid groups (broad SMARTS) is 1. The summed E-state index contributed by atoms with van der Waals surface area (Å²) in [5, 5.41) is 11.1. The zero-order valence-electron chi connectivity index (χ0n) is 8.44. The molecule has 1 unspecified atom stereocenters. The normalized spacial score (nSPS) is 11.7. The summed E-state index contributed by atoms with van der Waals surface area (Å²) in [7, 11) is -2.46. The van der Waals surface area contributed by atoms with Crippen molar-refractivity contribution in [2.24, 2.45) is 0 Å². The van der Waals surface area contributed by atoms with Crippen molar-refractivity contribution in [3.05, 3.63) is 29.8 Å². The molecule has 3 N–H and O–H groups in total.